The molecule has 0 unspecified atom stereocenters. The molecule has 0 fully saturated rings. The summed E-state index contributed by atoms with van der Waals surface area (Å²) < 4.78 is 28.6. The fourth-order valence-corrected chi connectivity index (χ4v) is 3.02. The van der Waals surface area contributed by atoms with Gasteiger partial charge in [-0.3, -0.25) is 4.68 Å². The first-order chi connectivity index (χ1) is 8.90. The third-order valence-electron chi connectivity index (χ3n) is 2.85. The van der Waals surface area contributed by atoms with Crippen LogP contribution in [-0.4, -0.2) is 18.2 Å². The van der Waals surface area contributed by atoms with Gasteiger partial charge in [-0.1, -0.05) is 0 Å². The van der Waals surface area contributed by atoms with E-state index >= 15 is 0 Å². The summed E-state index contributed by atoms with van der Waals surface area (Å²) in [6.45, 7) is 1.91. The summed E-state index contributed by atoms with van der Waals surface area (Å²) in [6, 6.07) is 6.48. The van der Waals surface area contributed by atoms with E-state index in [1.807, 2.05) is 0 Å². The van der Waals surface area contributed by atoms with E-state index in [1.54, 1.807) is 43.0 Å². The molecular weight excluding hydrogens is 264 g/mol. The van der Waals surface area contributed by atoms with Crippen LogP contribution in [0, 0.1) is 6.92 Å². The van der Waals surface area contributed by atoms with Gasteiger partial charge in [0.15, 0.2) is 0 Å². The number of nitrogens with two attached hydrogens (primary N) is 1. The molecule has 0 amide bonds. The zero-order valence-electron chi connectivity index (χ0n) is 10.8. The van der Waals surface area contributed by atoms with Crippen molar-refractivity contribution in [1.82, 2.24) is 14.5 Å². The van der Waals surface area contributed by atoms with Gasteiger partial charge in [0.2, 0.25) is 10.0 Å². The summed E-state index contributed by atoms with van der Waals surface area (Å²) in [5.74, 6) is 0. The molecule has 1 heterocycles. The van der Waals surface area contributed by atoms with E-state index in [0.717, 1.165) is 5.69 Å². The quantitative estimate of drug-likeness (QED) is 0.810. The number of nitrogens with one attached hydrogen (secondary N) is 1. The highest BCUT2D eigenvalue weighted by Gasteiger charge is 2.16. The summed E-state index contributed by atoms with van der Waals surface area (Å²) in [4.78, 5) is 0.240. The largest absolute Gasteiger partial charge is 0.399 e. The van der Waals surface area contributed by atoms with Gasteiger partial charge < -0.3 is 5.73 Å². The summed E-state index contributed by atoms with van der Waals surface area (Å²) in [5, 5.41) is 3.98. The monoisotopic (exact) mass is 280 g/mol. The second-order valence-corrected chi connectivity index (χ2v) is 6.03. The van der Waals surface area contributed by atoms with Crippen LogP contribution in [0.1, 0.15) is 11.3 Å². The summed E-state index contributed by atoms with van der Waals surface area (Å²) in [6.07, 6.45) is 1.62. The van der Waals surface area contributed by atoms with E-state index in [9.17, 15) is 8.42 Å². The van der Waals surface area contributed by atoms with Crippen molar-refractivity contribution in [2.75, 3.05) is 5.73 Å². The maximum absolute atomic E-state index is 12.2. The Kier molecular flexibility index (Phi) is 3.59. The van der Waals surface area contributed by atoms with Gasteiger partial charge in [-0.2, -0.15) is 5.10 Å². The van der Waals surface area contributed by atoms with Gasteiger partial charge in [0.05, 0.1) is 17.1 Å². The van der Waals surface area contributed by atoms with Gasteiger partial charge in [-0.15, -0.1) is 0 Å². The summed E-state index contributed by atoms with van der Waals surface area (Å²) >= 11 is 0. The number of anilines is 1. The average Bonchev–Trinajstić information content (AvgIpc) is 2.72. The molecule has 0 radical (unpaired) electrons. The Morgan fingerprint density at radius 3 is 2.68 bits per heavy atom. The predicted octanol–water partition coefficient (Wildman–Crippen LogP) is 0.789. The minimum absolute atomic E-state index is 0.197. The molecule has 2 rings (SSSR count). The first-order valence-corrected chi connectivity index (χ1v) is 7.21. The maximum atomic E-state index is 12.2. The number of aromatic nitrogens is 2. The maximum Gasteiger partial charge on any atom is 0.241 e. The van der Waals surface area contributed by atoms with E-state index < -0.39 is 10.0 Å². The van der Waals surface area contributed by atoms with E-state index in [2.05, 4.69) is 9.82 Å². The lowest BCUT2D eigenvalue weighted by atomic mass is 10.2. The fourth-order valence-electron chi connectivity index (χ4n) is 1.80. The number of nitrogens with zero attached hydrogens (tertiary/aromatic N) is 2. The molecule has 2 aromatic rings. The molecule has 0 saturated carbocycles. The van der Waals surface area contributed by atoms with E-state index in [0.29, 0.717) is 11.3 Å². The molecular formula is C12H16N4O2S. The molecule has 0 aliphatic carbocycles. The lowest BCUT2D eigenvalue weighted by molar-refractivity contribution is 0.576. The molecule has 0 spiro atoms. The van der Waals surface area contributed by atoms with E-state index in [-0.39, 0.29) is 11.4 Å². The van der Waals surface area contributed by atoms with Crippen LogP contribution in [0.4, 0.5) is 5.69 Å². The molecule has 0 aliphatic rings. The van der Waals surface area contributed by atoms with Gasteiger partial charge in [0.1, 0.15) is 0 Å². The van der Waals surface area contributed by atoms with Crippen molar-refractivity contribution >= 4 is 15.7 Å². The van der Waals surface area contributed by atoms with Gasteiger partial charge in [0, 0.05) is 18.9 Å². The van der Waals surface area contributed by atoms with Crippen LogP contribution in [0.25, 0.3) is 0 Å². The smallest absolute Gasteiger partial charge is 0.241 e. The van der Waals surface area contributed by atoms with Crippen LogP contribution in [0.2, 0.25) is 0 Å². The van der Waals surface area contributed by atoms with Crippen molar-refractivity contribution in [2.45, 2.75) is 18.4 Å². The fraction of sp³-hybridized carbons (Fsp3) is 0.250. The van der Waals surface area contributed by atoms with Crippen LogP contribution < -0.4 is 10.5 Å². The third-order valence-corrected chi connectivity index (χ3v) is 4.42. The Morgan fingerprint density at radius 2 is 2.11 bits per heavy atom. The highest BCUT2D eigenvalue weighted by atomic mass is 32.2. The van der Waals surface area contributed by atoms with Gasteiger partial charge in [-0.25, -0.2) is 13.1 Å². The number of hydrogen-bond donors (Lipinski definition) is 2. The van der Waals surface area contributed by atoms with Crippen molar-refractivity contribution in [3.8, 4) is 0 Å². The standard InChI is InChI=1S/C12H16N4O2S/c1-9-7-10(13)3-4-12(9)19(17,18)15-8-11-5-6-14-16(11)2/h3-7,15H,8,13H2,1-2H3. The van der Waals surface area contributed by atoms with Crippen LogP contribution in [0.5, 0.6) is 0 Å². The topological polar surface area (TPSA) is 90.0 Å². The average molecular weight is 280 g/mol. The Morgan fingerprint density at radius 1 is 1.37 bits per heavy atom. The number of aryl methyl sites for hydroxylation is 2. The Hall–Kier alpha value is -1.86. The van der Waals surface area contributed by atoms with Crippen molar-refractivity contribution in [3.05, 3.63) is 41.7 Å². The van der Waals surface area contributed by atoms with Crippen molar-refractivity contribution in [3.63, 3.8) is 0 Å². The van der Waals surface area contributed by atoms with Crippen LogP contribution in [0.3, 0.4) is 0 Å². The minimum atomic E-state index is -3.55. The lowest BCUT2D eigenvalue weighted by Crippen LogP contribution is -2.25. The van der Waals surface area contributed by atoms with E-state index in [1.165, 1.54) is 6.07 Å². The Balaban J connectivity index is 2.21. The Labute approximate surface area is 112 Å². The normalized spacial score (nSPS) is 11.7. The van der Waals surface area contributed by atoms with Gasteiger partial charge >= 0.3 is 0 Å². The molecule has 0 bridgehead atoms. The first-order valence-electron chi connectivity index (χ1n) is 5.73. The molecule has 19 heavy (non-hydrogen) atoms. The Bertz CT molecular complexity index is 692. The molecule has 3 N–H and O–H groups in total. The van der Waals surface area contributed by atoms with Crippen molar-refractivity contribution in [2.24, 2.45) is 7.05 Å². The lowest BCUT2D eigenvalue weighted by Gasteiger charge is -2.10. The van der Waals surface area contributed by atoms with Crippen LogP contribution >= 0.6 is 0 Å². The van der Waals surface area contributed by atoms with Crippen molar-refractivity contribution in [1.29, 1.82) is 0 Å². The molecule has 0 saturated heterocycles. The number of benzene rings is 1. The molecule has 0 atom stereocenters. The summed E-state index contributed by atoms with van der Waals surface area (Å²) in [7, 11) is -1.79. The zero-order valence-corrected chi connectivity index (χ0v) is 11.6. The number of nitrogen functional groups attached to an aromatic ring is 1. The molecule has 102 valence electrons. The predicted molar refractivity (Wildman–Crippen MR) is 72.8 cm³/mol. The number of hydrogen-bond acceptors (Lipinski definition) is 4. The molecule has 1 aromatic heterocycles. The highest BCUT2D eigenvalue weighted by molar-refractivity contribution is 7.89. The number of rotatable bonds is 4. The van der Waals surface area contributed by atoms with Crippen LogP contribution in [-0.2, 0) is 23.6 Å². The second-order valence-electron chi connectivity index (χ2n) is 4.30. The third kappa shape index (κ3) is 2.94. The number of sulfonamides is 1. The molecule has 6 nitrogen and oxygen atoms in total. The zero-order chi connectivity index (χ0) is 14.0. The second kappa shape index (κ2) is 5.02. The van der Waals surface area contributed by atoms with Gasteiger partial charge in [0.25, 0.3) is 0 Å². The van der Waals surface area contributed by atoms with Crippen LogP contribution in [0.15, 0.2) is 35.4 Å². The summed E-state index contributed by atoms with van der Waals surface area (Å²) in [5.41, 5.74) is 7.57. The highest BCUT2D eigenvalue weighted by Crippen LogP contribution is 2.17. The first kappa shape index (κ1) is 13.6. The SMILES string of the molecule is Cc1cc(N)ccc1S(=O)(=O)NCc1ccnn1C. The molecule has 7 heteroatoms. The molecule has 1 aromatic carbocycles. The minimum Gasteiger partial charge on any atom is -0.399 e. The van der Waals surface area contributed by atoms with Gasteiger partial charge in [-0.05, 0) is 36.8 Å². The molecule has 0 aliphatic heterocycles. The van der Waals surface area contributed by atoms with Crippen molar-refractivity contribution < 1.29 is 8.42 Å². The van der Waals surface area contributed by atoms with E-state index in [4.69, 9.17) is 5.73 Å².